The standard InChI is InChI=1S/C38H51N5O7Si/c1-11-47-35(45)34(44)42-22-28-27(29(28)23-42)17-14-25-12-15-26(16-13-25)32-20-30(41-49-32)31(21-40-36(46)48-37(3,4)5)43-19-18-39-33(43)24(2)50-51(9,10)38(6,7)8/h12-13,15-16,18-20,24,27-29,31H,11,21-23H2,1-10H3,(H,40,46)/t24-,27?,28-,29+,31+/m0/s1. The number of hydrogen-bond acceptors (Lipinski definition) is 9. The molecule has 0 bridgehead atoms. The molecular weight excluding hydrogens is 667 g/mol. The highest BCUT2D eigenvalue weighted by Gasteiger charge is 2.56. The number of likely N-dealkylation sites (tertiary alicyclic amines) is 1. The zero-order valence-corrected chi connectivity index (χ0v) is 32.4. The topological polar surface area (TPSA) is 138 Å². The lowest BCUT2D eigenvalue weighted by atomic mass is 10.1. The molecule has 12 nitrogen and oxygen atoms in total. The molecular formula is C38H51N5O7Si. The van der Waals surface area contributed by atoms with Gasteiger partial charge in [-0.05, 0) is 88.9 Å². The summed E-state index contributed by atoms with van der Waals surface area (Å²) >= 11 is 0. The van der Waals surface area contributed by atoms with Crippen molar-refractivity contribution in [3.63, 3.8) is 0 Å². The van der Waals surface area contributed by atoms with Gasteiger partial charge in [0.15, 0.2) is 14.1 Å². The molecule has 1 unspecified atom stereocenters. The third-order valence-corrected chi connectivity index (χ3v) is 14.4. The van der Waals surface area contributed by atoms with Crippen molar-refractivity contribution in [1.82, 2.24) is 24.9 Å². The second-order valence-electron chi connectivity index (χ2n) is 15.9. The minimum atomic E-state index is -2.11. The highest BCUT2D eigenvalue weighted by atomic mass is 28.4. The van der Waals surface area contributed by atoms with Gasteiger partial charge >= 0.3 is 18.0 Å². The van der Waals surface area contributed by atoms with Crippen LogP contribution in [-0.4, -0.2) is 77.7 Å². The van der Waals surface area contributed by atoms with Gasteiger partial charge in [-0.3, -0.25) is 4.79 Å². The maximum Gasteiger partial charge on any atom is 0.407 e. The van der Waals surface area contributed by atoms with Crippen molar-refractivity contribution >= 4 is 26.3 Å². The predicted octanol–water partition coefficient (Wildman–Crippen LogP) is 6.35. The third-order valence-electron chi connectivity index (χ3n) is 9.87. The van der Waals surface area contributed by atoms with Crippen molar-refractivity contribution in [2.45, 2.75) is 91.3 Å². The number of ether oxygens (including phenoxy) is 2. The average Bonchev–Trinajstić information content (AvgIpc) is 3.55. The molecule has 2 aromatic heterocycles. The van der Waals surface area contributed by atoms with E-state index < -0.39 is 37.9 Å². The van der Waals surface area contributed by atoms with E-state index in [1.165, 1.54) is 0 Å². The Hall–Kier alpha value is -4.41. The summed E-state index contributed by atoms with van der Waals surface area (Å²) in [6.45, 7) is 21.6. The minimum Gasteiger partial charge on any atom is -0.459 e. The summed E-state index contributed by atoms with van der Waals surface area (Å²) in [7, 11) is -2.11. The number of carbonyl (C=O) groups excluding carboxylic acids is 3. The van der Waals surface area contributed by atoms with E-state index in [1.54, 1.807) is 18.0 Å². The molecule has 274 valence electrons. The number of alkyl carbamates (subject to hydrolysis) is 1. The van der Waals surface area contributed by atoms with E-state index in [-0.39, 0.29) is 42.0 Å². The van der Waals surface area contributed by atoms with E-state index in [2.05, 4.69) is 61.2 Å². The van der Waals surface area contributed by atoms with Crippen LogP contribution in [0.5, 0.6) is 0 Å². The normalized spacial score (nSPS) is 19.7. The first kappa shape index (κ1) is 37.8. The average molecular weight is 718 g/mol. The number of benzene rings is 1. The Morgan fingerprint density at radius 1 is 1.08 bits per heavy atom. The molecule has 51 heavy (non-hydrogen) atoms. The smallest absolute Gasteiger partial charge is 0.407 e. The molecule has 2 aliphatic rings. The van der Waals surface area contributed by atoms with Crippen LogP contribution in [-0.2, 0) is 23.5 Å². The number of amides is 2. The zero-order valence-electron chi connectivity index (χ0n) is 31.4. The van der Waals surface area contributed by atoms with E-state index in [0.29, 0.717) is 24.5 Å². The Morgan fingerprint density at radius 2 is 1.75 bits per heavy atom. The summed E-state index contributed by atoms with van der Waals surface area (Å²) in [6.07, 6.45) is 2.77. The Morgan fingerprint density at radius 3 is 2.35 bits per heavy atom. The van der Waals surface area contributed by atoms with Gasteiger partial charge in [-0.2, -0.15) is 0 Å². The van der Waals surface area contributed by atoms with Crippen LogP contribution in [0, 0.1) is 29.6 Å². The van der Waals surface area contributed by atoms with Gasteiger partial charge in [0.05, 0.1) is 12.6 Å². The number of nitrogens with one attached hydrogen (secondary N) is 1. The molecule has 13 heteroatoms. The fraction of sp³-hybridized carbons (Fsp3) is 0.553. The zero-order chi connectivity index (χ0) is 37.3. The number of nitrogens with zero attached hydrogens (tertiary/aromatic N) is 4. The summed E-state index contributed by atoms with van der Waals surface area (Å²) in [5.74, 6) is 7.35. The number of rotatable bonds is 9. The van der Waals surface area contributed by atoms with E-state index in [4.69, 9.17) is 18.4 Å². The molecule has 1 aromatic carbocycles. The molecule has 1 aliphatic carbocycles. The number of esters is 1. The Bertz CT molecular complexity index is 1780. The van der Waals surface area contributed by atoms with Crippen LogP contribution < -0.4 is 5.32 Å². The number of imidazole rings is 1. The fourth-order valence-corrected chi connectivity index (χ4v) is 7.45. The fourth-order valence-electron chi connectivity index (χ4n) is 6.11. The number of fused-ring (bicyclic) bond motifs is 1. The lowest BCUT2D eigenvalue weighted by Crippen LogP contribution is -2.42. The second kappa shape index (κ2) is 14.7. The van der Waals surface area contributed by atoms with Gasteiger partial charge in [-0.15, -0.1) is 0 Å². The van der Waals surface area contributed by atoms with Crippen LogP contribution in [0.15, 0.2) is 47.2 Å². The first-order chi connectivity index (χ1) is 23.9. The third kappa shape index (κ3) is 8.91. The van der Waals surface area contributed by atoms with Gasteiger partial charge in [-0.1, -0.05) is 37.8 Å². The van der Waals surface area contributed by atoms with Crippen LogP contribution >= 0.6 is 0 Å². The molecule has 2 amide bonds. The lowest BCUT2D eigenvalue weighted by Gasteiger charge is -2.38. The monoisotopic (exact) mass is 717 g/mol. The van der Waals surface area contributed by atoms with Crippen molar-refractivity contribution in [2.24, 2.45) is 17.8 Å². The summed E-state index contributed by atoms with van der Waals surface area (Å²) in [5.41, 5.74) is 1.66. The summed E-state index contributed by atoms with van der Waals surface area (Å²) in [4.78, 5) is 43.0. The van der Waals surface area contributed by atoms with Crippen molar-refractivity contribution in [3.8, 4) is 23.2 Å². The molecule has 1 N–H and O–H groups in total. The van der Waals surface area contributed by atoms with Crippen LogP contribution in [0.25, 0.3) is 11.3 Å². The molecule has 5 atom stereocenters. The van der Waals surface area contributed by atoms with E-state index in [1.807, 2.05) is 68.8 Å². The first-order valence-corrected chi connectivity index (χ1v) is 20.5. The Labute approximate surface area is 301 Å². The van der Waals surface area contributed by atoms with Gasteiger partial charge in [0, 0.05) is 55.1 Å². The molecule has 1 saturated heterocycles. The number of carbonyl (C=O) groups is 3. The largest absolute Gasteiger partial charge is 0.459 e. The summed E-state index contributed by atoms with van der Waals surface area (Å²) in [6, 6.07) is 9.18. The minimum absolute atomic E-state index is 0.0193. The Balaban J connectivity index is 1.29. The summed E-state index contributed by atoms with van der Waals surface area (Å²) in [5, 5.41) is 7.37. The van der Waals surface area contributed by atoms with Crippen LogP contribution in [0.2, 0.25) is 18.1 Å². The first-order valence-electron chi connectivity index (χ1n) is 17.6. The van der Waals surface area contributed by atoms with E-state index in [9.17, 15) is 14.4 Å². The number of aromatic nitrogens is 3. The summed E-state index contributed by atoms with van der Waals surface area (Å²) < 4.78 is 24.9. The molecule has 3 heterocycles. The van der Waals surface area contributed by atoms with Gasteiger partial charge in [0.1, 0.15) is 23.2 Å². The quantitative estimate of drug-likeness (QED) is 0.116. The molecule has 1 saturated carbocycles. The van der Waals surface area contributed by atoms with Gasteiger partial charge in [-0.25, -0.2) is 14.6 Å². The maximum atomic E-state index is 12.7. The Kier molecular flexibility index (Phi) is 10.9. The molecule has 5 rings (SSSR count). The van der Waals surface area contributed by atoms with Crippen molar-refractivity contribution in [2.75, 3.05) is 26.2 Å². The second-order valence-corrected chi connectivity index (χ2v) is 20.6. The van der Waals surface area contributed by atoms with Crippen LogP contribution in [0.3, 0.4) is 0 Å². The van der Waals surface area contributed by atoms with Gasteiger partial charge < -0.3 is 33.2 Å². The van der Waals surface area contributed by atoms with Gasteiger partial charge in [0.25, 0.3) is 0 Å². The highest BCUT2D eigenvalue weighted by Crippen LogP contribution is 2.51. The van der Waals surface area contributed by atoms with Crippen LogP contribution in [0.1, 0.15) is 84.6 Å². The lowest BCUT2D eigenvalue weighted by molar-refractivity contribution is -0.159. The highest BCUT2D eigenvalue weighted by molar-refractivity contribution is 6.74. The number of piperidine rings is 1. The molecule has 1 aliphatic heterocycles. The molecule has 3 aromatic rings. The molecule has 0 radical (unpaired) electrons. The SMILES string of the molecule is CCOC(=O)C(=O)N1C[C@@H]2C(C#Cc3ccc(-c4cc([C@@H](CNC(=O)OC(C)(C)C)n5ccnc5[C@H](C)O[Si](C)(C)C(C)(C)C)no4)cc3)[C@@H]2C1. The molecule has 0 spiro atoms. The van der Waals surface area contributed by atoms with E-state index in [0.717, 1.165) is 17.0 Å². The number of hydrogen-bond donors (Lipinski definition) is 1. The van der Waals surface area contributed by atoms with Gasteiger partial charge in [0.2, 0.25) is 0 Å². The molecule has 2 fully saturated rings. The predicted molar refractivity (Wildman–Crippen MR) is 194 cm³/mol. The van der Waals surface area contributed by atoms with Crippen LogP contribution in [0.4, 0.5) is 4.79 Å². The van der Waals surface area contributed by atoms with Crippen molar-refractivity contribution in [1.29, 1.82) is 0 Å². The maximum absolute atomic E-state index is 12.7. The van der Waals surface area contributed by atoms with Crippen molar-refractivity contribution < 1.29 is 32.8 Å². The van der Waals surface area contributed by atoms with Crippen molar-refractivity contribution in [3.05, 3.63) is 59.8 Å². The van der Waals surface area contributed by atoms with E-state index >= 15 is 0 Å².